The maximum Gasteiger partial charge on any atom is 0.490 e. The van der Waals surface area contributed by atoms with E-state index in [2.05, 4.69) is 6.07 Å². The summed E-state index contributed by atoms with van der Waals surface area (Å²) in [5.41, 5.74) is 4.92. The van der Waals surface area contributed by atoms with E-state index in [-0.39, 0.29) is 17.2 Å². The largest absolute Gasteiger partial charge is 0.490 e. The van der Waals surface area contributed by atoms with Crippen molar-refractivity contribution in [2.24, 2.45) is 0 Å². The van der Waals surface area contributed by atoms with Crippen LogP contribution in [0.5, 0.6) is 0 Å². The third-order valence-electron chi connectivity index (χ3n) is 6.75. The summed E-state index contributed by atoms with van der Waals surface area (Å²) in [4.78, 5) is 40.7. The molecule has 2 aliphatic heterocycles. The van der Waals surface area contributed by atoms with Gasteiger partial charge in [0.15, 0.2) is 0 Å². The minimum Gasteiger partial charge on any atom is -0.475 e. The normalized spacial score (nSPS) is 16.2. The van der Waals surface area contributed by atoms with E-state index in [1.807, 2.05) is 73.0 Å². The van der Waals surface area contributed by atoms with Crippen LogP contribution in [0, 0.1) is 13.8 Å². The molecule has 4 rings (SSSR count). The lowest BCUT2D eigenvalue weighted by Gasteiger charge is -2.40. The van der Waals surface area contributed by atoms with Gasteiger partial charge >= 0.3 is 12.1 Å². The Morgan fingerprint density at radius 1 is 1.03 bits per heavy atom. The lowest BCUT2D eigenvalue weighted by atomic mass is 9.74. The first-order valence-corrected chi connectivity index (χ1v) is 12.4. The van der Waals surface area contributed by atoms with Crippen LogP contribution in [0.15, 0.2) is 36.4 Å². The molecule has 0 radical (unpaired) electrons. The summed E-state index contributed by atoms with van der Waals surface area (Å²) in [7, 11) is 3.81. The summed E-state index contributed by atoms with van der Waals surface area (Å²) in [6.07, 6.45) is -3.44. The predicted molar refractivity (Wildman–Crippen MR) is 139 cm³/mol. The molecule has 38 heavy (non-hydrogen) atoms. The van der Waals surface area contributed by atoms with Crippen molar-refractivity contribution in [1.29, 1.82) is 0 Å². The van der Waals surface area contributed by atoms with E-state index < -0.39 is 12.1 Å². The average molecular weight is 554 g/mol. The van der Waals surface area contributed by atoms with Crippen LogP contribution in [-0.4, -0.2) is 79.1 Å². The Morgan fingerprint density at radius 2 is 1.58 bits per heavy atom. The van der Waals surface area contributed by atoms with Gasteiger partial charge in [-0.05, 0) is 76.7 Å². The average Bonchev–Trinajstić information content (AvgIpc) is 3.11. The first-order valence-electron chi connectivity index (χ1n) is 12.1. The van der Waals surface area contributed by atoms with Crippen molar-refractivity contribution in [3.05, 3.63) is 63.7 Å². The Labute approximate surface area is 224 Å². The summed E-state index contributed by atoms with van der Waals surface area (Å²) in [5.74, 6) is -2.57. The Kier molecular flexibility index (Phi) is 8.78. The number of carboxylic acid groups (broad SMARTS) is 1. The number of carbonyl (C=O) groups is 3. The second-order valence-electron chi connectivity index (χ2n) is 10.1. The van der Waals surface area contributed by atoms with E-state index in [0.29, 0.717) is 31.2 Å². The van der Waals surface area contributed by atoms with E-state index in [9.17, 15) is 22.8 Å². The molecule has 2 aromatic carbocycles. The zero-order valence-corrected chi connectivity index (χ0v) is 22.5. The van der Waals surface area contributed by atoms with E-state index in [0.717, 1.165) is 40.8 Å². The number of halogens is 4. The number of alkyl halides is 3. The van der Waals surface area contributed by atoms with Crippen LogP contribution in [0.3, 0.4) is 0 Å². The predicted octanol–water partition coefficient (Wildman–Crippen LogP) is 4.67. The highest BCUT2D eigenvalue weighted by atomic mass is 35.5. The zero-order valence-electron chi connectivity index (χ0n) is 21.7. The molecule has 0 aromatic heterocycles. The molecule has 7 nitrogen and oxygen atoms in total. The first kappa shape index (κ1) is 29.4. The second kappa shape index (κ2) is 11.3. The maximum absolute atomic E-state index is 13.1. The lowest BCUT2D eigenvalue weighted by Crippen LogP contribution is -2.48. The highest BCUT2D eigenvalue weighted by molar-refractivity contribution is 6.30. The van der Waals surface area contributed by atoms with E-state index in [4.69, 9.17) is 21.5 Å². The molecule has 0 aliphatic carbocycles. The number of likely N-dealkylation sites (N-methyl/N-ethyl adjacent to an activating group) is 1. The van der Waals surface area contributed by atoms with Gasteiger partial charge in [-0.2, -0.15) is 13.2 Å². The number of aryl methyl sites for hydroxylation is 2. The van der Waals surface area contributed by atoms with Crippen LogP contribution in [0.2, 0.25) is 5.02 Å². The highest BCUT2D eigenvalue weighted by Gasteiger charge is 2.47. The van der Waals surface area contributed by atoms with Crippen LogP contribution in [0.1, 0.15) is 39.9 Å². The molecule has 2 aliphatic rings. The lowest BCUT2D eigenvalue weighted by molar-refractivity contribution is -0.192. The van der Waals surface area contributed by atoms with Crippen molar-refractivity contribution in [1.82, 2.24) is 9.80 Å². The number of amides is 2. The van der Waals surface area contributed by atoms with Crippen LogP contribution < -0.4 is 4.90 Å². The van der Waals surface area contributed by atoms with E-state index in [1.54, 1.807) is 0 Å². The van der Waals surface area contributed by atoms with Gasteiger partial charge < -0.3 is 19.8 Å². The number of hydrogen-bond acceptors (Lipinski definition) is 4. The van der Waals surface area contributed by atoms with Gasteiger partial charge in [-0.25, -0.2) is 4.79 Å². The first-order chi connectivity index (χ1) is 17.6. The molecule has 2 heterocycles. The molecule has 0 atom stereocenters. The van der Waals surface area contributed by atoms with Crippen LogP contribution in [0.4, 0.5) is 18.9 Å². The standard InChI is InChI=1S/C25H30ClN3O2.C2HF3O2/c1-17-11-18(2)13-19(12-17)24(31)28-9-7-25(8-10-28)16-29(23(30)15-27(3)4)22-6-5-20(26)14-21(22)25;3-2(4,5)1(6)7/h5-6,11-14H,7-10,15-16H2,1-4H3;(H,6,7). The molecular formula is C27H31ClF3N3O4. The number of hydrogen-bond donors (Lipinski definition) is 1. The van der Waals surface area contributed by atoms with Gasteiger partial charge in [-0.1, -0.05) is 28.8 Å². The van der Waals surface area contributed by atoms with Crippen molar-refractivity contribution in [2.75, 3.05) is 45.2 Å². The molecule has 1 N–H and O–H groups in total. The van der Waals surface area contributed by atoms with Crippen molar-refractivity contribution in [3.63, 3.8) is 0 Å². The number of fused-ring (bicyclic) bond motifs is 2. The van der Waals surface area contributed by atoms with Crippen molar-refractivity contribution in [2.45, 2.75) is 38.3 Å². The molecule has 1 saturated heterocycles. The summed E-state index contributed by atoms with van der Waals surface area (Å²) in [6.45, 7) is 6.42. The van der Waals surface area contributed by atoms with Crippen LogP contribution in [-0.2, 0) is 15.0 Å². The van der Waals surface area contributed by atoms with Gasteiger partial charge in [0.2, 0.25) is 5.91 Å². The molecule has 2 aromatic rings. The molecule has 0 bridgehead atoms. The number of likely N-dealkylation sites (tertiary alicyclic amines) is 1. The van der Waals surface area contributed by atoms with Gasteiger partial charge in [0.25, 0.3) is 5.91 Å². The Hall–Kier alpha value is -3.11. The molecule has 0 saturated carbocycles. The number of rotatable bonds is 3. The van der Waals surface area contributed by atoms with Gasteiger partial charge in [0, 0.05) is 41.3 Å². The second-order valence-corrected chi connectivity index (χ2v) is 10.6. The number of aliphatic carboxylic acids is 1. The fourth-order valence-corrected chi connectivity index (χ4v) is 5.24. The van der Waals surface area contributed by atoms with Crippen molar-refractivity contribution in [3.8, 4) is 0 Å². The van der Waals surface area contributed by atoms with Crippen LogP contribution in [0.25, 0.3) is 0 Å². The zero-order chi connectivity index (χ0) is 28.4. The molecule has 0 unspecified atom stereocenters. The number of benzene rings is 2. The maximum atomic E-state index is 13.1. The van der Waals surface area contributed by atoms with Gasteiger partial charge in [0.05, 0.1) is 6.54 Å². The monoisotopic (exact) mass is 553 g/mol. The van der Waals surface area contributed by atoms with Gasteiger partial charge in [-0.3, -0.25) is 9.59 Å². The van der Waals surface area contributed by atoms with Gasteiger partial charge in [0.1, 0.15) is 0 Å². The number of nitrogens with zero attached hydrogens (tertiary/aromatic N) is 3. The summed E-state index contributed by atoms with van der Waals surface area (Å²) >= 11 is 6.35. The Morgan fingerprint density at radius 3 is 2.08 bits per heavy atom. The SMILES string of the molecule is Cc1cc(C)cc(C(=O)N2CCC3(CC2)CN(C(=O)CN(C)C)c2ccc(Cl)cc23)c1.O=C(O)C(F)(F)F. The summed E-state index contributed by atoms with van der Waals surface area (Å²) < 4.78 is 31.7. The quantitative estimate of drug-likeness (QED) is 0.597. The Balaban J connectivity index is 0.000000505. The molecule has 11 heteroatoms. The van der Waals surface area contributed by atoms with E-state index in [1.165, 1.54) is 0 Å². The minimum absolute atomic E-state index is 0.0894. The summed E-state index contributed by atoms with van der Waals surface area (Å²) in [6, 6.07) is 11.8. The number of anilines is 1. The van der Waals surface area contributed by atoms with Crippen LogP contribution >= 0.6 is 11.6 Å². The van der Waals surface area contributed by atoms with Gasteiger partial charge in [-0.15, -0.1) is 0 Å². The third-order valence-corrected chi connectivity index (χ3v) is 6.99. The third kappa shape index (κ3) is 6.66. The number of piperidine rings is 1. The van der Waals surface area contributed by atoms with E-state index >= 15 is 0 Å². The van der Waals surface area contributed by atoms with Crippen molar-refractivity contribution < 1.29 is 32.7 Å². The Bertz CT molecular complexity index is 1200. The number of carboxylic acids is 1. The topological polar surface area (TPSA) is 81.2 Å². The molecule has 2 amide bonds. The highest BCUT2D eigenvalue weighted by Crippen LogP contribution is 2.48. The fourth-order valence-electron chi connectivity index (χ4n) is 5.07. The van der Waals surface area contributed by atoms with Crippen molar-refractivity contribution >= 4 is 35.1 Å². The summed E-state index contributed by atoms with van der Waals surface area (Å²) in [5, 5.41) is 7.81. The number of carbonyl (C=O) groups excluding carboxylic acids is 2. The molecule has 206 valence electrons. The fraction of sp³-hybridized carbons (Fsp3) is 0.444. The molecule has 1 spiro atoms. The minimum atomic E-state index is -5.08. The molecule has 1 fully saturated rings. The molecular weight excluding hydrogens is 523 g/mol. The smallest absolute Gasteiger partial charge is 0.475 e.